The molecule has 0 amide bonds. The Bertz CT molecular complexity index is 730. The van der Waals surface area contributed by atoms with Crippen molar-refractivity contribution in [3.8, 4) is 0 Å². The van der Waals surface area contributed by atoms with Crippen LogP contribution in [0.5, 0.6) is 0 Å². The molecular formula is C18H20F4N4. The SMILES string of the molecule is CN(CCCC1CC(c2ccccc2)NN1)c1c(F)c(F)nc(F)c1F. The topological polar surface area (TPSA) is 40.2 Å². The molecule has 2 N–H and O–H groups in total. The summed E-state index contributed by atoms with van der Waals surface area (Å²) in [6.45, 7) is 0.255. The molecule has 1 fully saturated rings. The van der Waals surface area contributed by atoms with Crippen molar-refractivity contribution in [2.75, 3.05) is 18.5 Å². The van der Waals surface area contributed by atoms with Crippen molar-refractivity contribution in [1.82, 2.24) is 15.8 Å². The van der Waals surface area contributed by atoms with Crippen LogP contribution in [0, 0.1) is 23.5 Å². The van der Waals surface area contributed by atoms with Gasteiger partial charge in [-0.25, -0.2) is 0 Å². The van der Waals surface area contributed by atoms with E-state index >= 15 is 0 Å². The molecule has 4 nitrogen and oxygen atoms in total. The van der Waals surface area contributed by atoms with E-state index in [2.05, 4.69) is 15.8 Å². The number of halogens is 4. The lowest BCUT2D eigenvalue weighted by atomic mass is 10.00. The number of pyridine rings is 1. The van der Waals surface area contributed by atoms with E-state index in [0.717, 1.165) is 12.8 Å². The maximum Gasteiger partial charge on any atom is 0.253 e. The first-order valence-corrected chi connectivity index (χ1v) is 8.44. The van der Waals surface area contributed by atoms with Gasteiger partial charge in [-0.1, -0.05) is 30.3 Å². The van der Waals surface area contributed by atoms with E-state index in [-0.39, 0.29) is 18.6 Å². The number of nitrogens with one attached hydrogen (secondary N) is 2. The maximum atomic E-state index is 13.8. The normalized spacial score (nSPS) is 19.7. The molecule has 2 unspecified atom stereocenters. The largest absolute Gasteiger partial charge is 0.370 e. The predicted molar refractivity (Wildman–Crippen MR) is 90.4 cm³/mol. The summed E-state index contributed by atoms with van der Waals surface area (Å²) in [5, 5.41) is 0. The Kier molecular flexibility index (Phi) is 5.73. The minimum Gasteiger partial charge on any atom is -0.370 e. The Morgan fingerprint density at radius 2 is 1.69 bits per heavy atom. The molecule has 8 heteroatoms. The molecular weight excluding hydrogens is 348 g/mol. The number of aromatic nitrogens is 1. The molecule has 0 spiro atoms. The van der Waals surface area contributed by atoms with E-state index in [9.17, 15) is 17.6 Å². The maximum absolute atomic E-state index is 13.8. The second-order valence-corrected chi connectivity index (χ2v) is 6.42. The molecule has 0 saturated carbocycles. The van der Waals surface area contributed by atoms with Gasteiger partial charge in [0.05, 0.1) is 0 Å². The standard InChI is InChI=1S/C18H20F4N4/c1-26(16-14(19)17(21)23-18(22)15(16)20)9-5-8-12-10-13(25-24-12)11-6-3-2-4-7-11/h2-4,6-7,12-13,24-25H,5,8-10H2,1H3. The Morgan fingerprint density at radius 3 is 2.35 bits per heavy atom. The zero-order valence-corrected chi connectivity index (χ0v) is 14.3. The third-order valence-corrected chi connectivity index (χ3v) is 4.59. The van der Waals surface area contributed by atoms with E-state index in [0.29, 0.717) is 6.42 Å². The molecule has 1 saturated heterocycles. The van der Waals surface area contributed by atoms with Crippen LogP contribution in [0.3, 0.4) is 0 Å². The number of anilines is 1. The van der Waals surface area contributed by atoms with Crippen LogP contribution in [0.25, 0.3) is 0 Å². The van der Waals surface area contributed by atoms with E-state index < -0.39 is 29.2 Å². The lowest BCUT2D eigenvalue weighted by Crippen LogP contribution is -2.31. The summed E-state index contributed by atoms with van der Waals surface area (Å²) < 4.78 is 53.9. The highest BCUT2D eigenvalue weighted by Gasteiger charge is 2.26. The van der Waals surface area contributed by atoms with Crippen molar-refractivity contribution in [3.63, 3.8) is 0 Å². The summed E-state index contributed by atoms with van der Waals surface area (Å²) in [5.41, 5.74) is 6.91. The molecule has 1 aromatic heterocycles. The van der Waals surface area contributed by atoms with Crippen molar-refractivity contribution in [1.29, 1.82) is 0 Å². The van der Waals surface area contributed by atoms with Gasteiger partial charge in [-0.15, -0.1) is 0 Å². The number of hydrazine groups is 1. The molecule has 2 atom stereocenters. The molecule has 2 heterocycles. The number of hydrogen-bond acceptors (Lipinski definition) is 4. The van der Waals surface area contributed by atoms with Crippen LogP contribution in [-0.4, -0.2) is 24.6 Å². The van der Waals surface area contributed by atoms with Crippen LogP contribution in [0.15, 0.2) is 30.3 Å². The van der Waals surface area contributed by atoms with Gasteiger partial charge in [0.2, 0.25) is 11.6 Å². The zero-order valence-electron chi connectivity index (χ0n) is 14.3. The Hall–Kier alpha value is -2.19. The fourth-order valence-corrected chi connectivity index (χ4v) is 3.21. The van der Waals surface area contributed by atoms with Crippen LogP contribution < -0.4 is 15.8 Å². The molecule has 2 aromatic rings. The summed E-state index contributed by atoms with van der Waals surface area (Å²) in [6, 6.07) is 10.4. The zero-order chi connectivity index (χ0) is 18.7. The van der Waals surface area contributed by atoms with Gasteiger partial charge in [-0.3, -0.25) is 10.9 Å². The second-order valence-electron chi connectivity index (χ2n) is 6.42. The molecule has 26 heavy (non-hydrogen) atoms. The Labute approximate surface area is 149 Å². The summed E-state index contributed by atoms with van der Waals surface area (Å²) >= 11 is 0. The minimum absolute atomic E-state index is 0.203. The predicted octanol–water partition coefficient (Wildman–Crippen LogP) is 3.46. The number of rotatable bonds is 6. The first-order chi connectivity index (χ1) is 12.5. The van der Waals surface area contributed by atoms with Gasteiger partial charge >= 0.3 is 0 Å². The molecule has 3 rings (SSSR count). The average molecular weight is 368 g/mol. The molecule has 0 bridgehead atoms. The minimum atomic E-state index is -1.64. The number of benzene rings is 1. The fraction of sp³-hybridized carbons (Fsp3) is 0.389. The van der Waals surface area contributed by atoms with Crippen LogP contribution in [0.2, 0.25) is 0 Å². The Morgan fingerprint density at radius 1 is 1.04 bits per heavy atom. The van der Waals surface area contributed by atoms with Crippen LogP contribution >= 0.6 is 0 Å². The summed E-state index contributed by atoms with van der Waals surface area (Å²) in [5.74, 6) is -6.23. The molecule has 1 aliphatic rings. The highest BCUT2D eigenvalue weighted by Crippen LogP contribution is 2.27. The summed E-state index contributed by atoms with van der Waals surface area (Å²) in [4.78, 5) is 3.74. The third kappa shape index (κ3) is 3.96. The third-order valence-electron chi connectivity index (χ3n) is 4.59. The van der Waals surface area contributed by atoms with Crippen LogP contribution in [0.4, 0.5) is 23.2 Å². The van der Waals surface area contributed by atoms with E-state index in [1.807, 2.05) is 30.3 Å². The number of hydrogen-bond donors (Lipinski definition) is 2. The van der Waals surface area contributed by atoms with Crippen molar-refractivity contribution in [3.05, 3.63) is 59.4 Å². The Balaban J connectivity index is 1.53. The van der Waals surface area contributed by atoms with E-state index in [1.54, 1.807) is 0 Å². The van der Waals surface area contributed by atoms with Gasteiger partial charge in [-0.05, 0) is 24.8 Å². The summed E-state index contributed by atoms with van der Waals surface area (Å²) in [6.07, 6.45) is 2.23. The smallest absolute Gasteiger partial charge is 0.253 e. The second kappa shape index (κ2) is 8.01. The van der Waals surface area contributed by atoms with Gasteiger partial charge in [0.15, 0.2) is 0 Å². The van der Waals surface area contributed by atoms with Gasteiger partial charge in [-0.2, -0.15) is 22.5 Å². The first kappa shape index (κ1) is 18.6. The lowest BCUT2D eigenvalue weighted by Gasteiger charge is -2.21. The van der Waals surface area contributed by atoms with Gasteiger partial charge in [0.1, 0.15) is 5.69 Å². The highest BCUT2D eigenvalue weighted by molar-refractivity contribution is 5.47. The van der Waals surface area contributed by atoms with Crippen molar-refractivity contribution in [2.45, 2.75) is 31.3 Å². The summed E-state index contributed by atoms with van der Waals surface area (Å²) in [7, 11) is 1.40. The molecule has 0 aliphatic carbocycles. The van der Waals surface area contributed by atoms with Crippen molar-refractivity contribution >= 4 is 5.69 Å². The molecule has 1 aromatic carbocycles. The monoisotopic (exact) mass is 368 g/mol. The molecule has 1 aliphatic heterocycles. The lowest BCUT2D eigenvalue weighted by molar-refractivity contribution is 0.406. The quantitative estimate of drug-likeness (QED) is 0.605. The molecule has 0 radical (unpaired) electrons. The van der Waals surface area contributed by atoms with Gasteiger partial charge in [0.25, 0.3) is 11.9 Å². The number of nitrogens with zero attached hydrogens (tertiary/aromatic N) is 2. The van der Waals surface area contributed by atoms with Gasteiger partial charge < -0.3 is 4.90 Å². The van der Waals surface area contributed by atoms with Gasteiger partial charge in [0, 0.05) is 25.7 Å². The average Bonchev–Trinajstić information content (AvgIpc) is 3.10. The van der Waals surface area contributed by atoms with Crippen LogP contribution in [-0.2, 0) is 0 Å². The van der Waals surface area contributed by atoms with Crippen molar-refractivity contribution in [2.24, 2.45) is 0 Å². The van der Waals surface area contributed by atoms with E-state index in [4.69, 9.17) is 0 Å². The van der Waals surface area contributed by atoms with Crippen molar-refractivity contribution < 1.29 is 17.6 Å². The molecule has 140 valence electrons. The van der Waals surface area contributed by atoms with E-state index in [1.165, 1.54) is 17.5 Å². The fourth-order valence-electron chi connectivity index (χ4n) is 3.21. The van der Waals surface area contributed by atoms with Crippen LogP contribution in [0.1, 0.15) is 30.9 Å². The highest BCUT2D eigenvalue weighted by atomic mass is 19.2. The first-order valence-electron chi connectivity index (χ1n) is 8.44.